The summed E-state index contributed by atoms with van der Waals surface area (Å²) in [5.74, 6) is 0.813. The van der Waals surface area contributed by atoms with Gasteiger partial charge in [-0.05, 0) is 58.1 Å². The summed E-state index contributed by atoms with van der Waals surface area (Å²) < 4.78 is 17.8. The molecule has 0 unspecified atom stereocenters. The maximum absolute atomic E-state index is 12.2. The molecule has 2 N–H and O–H groups in total. The monoisotopic (exact) mass is 542 g/mol. The van der Waals surface area contributed by atoms with Crippen molar-refractivity contribution in [3.05, 3.63) is 43.8 Å². The van der Waals surface area contributed by atoms with Gasteiger partial charge in [-0.3, -0.25) is 4.79 Å². The van der Waals surface area contributed by atoms with Crippen LogP contribution in [0, 0.1) is 6.92 Å². The van der Waals surface area contributed by atoms with Gasteiger partial charge in [0.1, 0.15) is 5.75 Å². The second-order valence-corrected chi connectivity index (χ2v) is 8.37. The maximum atomic E-state index is 12.2. The van der Waals surface area contributed by atoms with Crippen molar-refractivity contribution >= 4 is 44.0 Å². The van der Waals surface area contributed by atoms with Crippen molar-refractivity contribution in [2.45, 2.75) is 26.7 Å². The number of carbonyl (C=O) groups excluding carboxylic acids is 1. The number of carbonyl (C=O) groups is 1. The molecule has 0 aliphatic carbocycles. The summed E-state index contributed by atoms with van der Waals surface area (Å²) >= 11 is 7.10. The van der Waals surface area contributed by atoms with Crippen LogP contribution in [0.5, 0.6) is 23.0 Å². The van der Waals surface area contributed by atoms with Gasteiger partial charge in [0.05, 0.1) is 24.9 Å². The van der Waals surface area contributed by atoms with Crippen LogP contribution in [-0.2, 0) is 4.79 Å². The molecule has 0 heterocycles. The number of hydrogen-bond acceptors (Lipinski definition) is 6. The third kappa shape index (κ3) is 5.66. The number of halogens is 2. The Hall–Kier alpha value is -2.26. The summed E-state index contributed by atoms with van der Waals surface area (Å²) in [5.41, 5.74) is 4.98. The molecule has 1 amide bonds. The predicted octanol–water partition coefficient (Wildman–Crippen LogP) is 4.90. The molecule has 0 bridgehead atoms. The molecule has 162 valence electrons. The summed E-state index contributed by atoms with van der Waals surface area (Å²) in [5, 5.41) is 13.9. The standard InChI is InChI=1S/C21H24Br2N2O5/c1-11(2)14-8-15(22)12(3)19(23)21(14)30-10-18(26)25-24-9-13-6-16(28-4)20(27)17(7-13)29-5/h6-9,11,27H,10H2,1-5H3,(H,25,26)/b24-9+. The van der Waals surface area contributed by atoms with Crippen LogP contribution in [0.1, 0.15) is 36.5 Å². The van der Waals surface area contributed by atoms with E-state index in [1.807, 2.05) is 13.0 Å². The first-order valence-electron chi connectivity index (χ1n) is 9.07. The number of aromatic hydroxyl groups is 1. The molecule has 7 nitrogen and oxygen atoms in total. The quantitative estimate of drug-likeness (QED) is 0.365. The van der Waals surface area contributed by atoms with Gasteiger partial charge in [0.25, 0.3) is 5.91 Å². The highest BCUT2D eigenvalue weighted by molar-refractivity contribution is 9.11. The fourth-order valence-corrected chi connectivity index (χ4v) is 3.89. The average molecular weight is 544 g/mol. The number of phenols is 1. The molecule has 30 heavy (non-hydrogen) atoms. The first-order chi connectivity index (χ1) is 14.2. The van der Waals surface area contributed by atoms with E-state index >= 15 is 0 Å². The molecule has 0 aliphatic heterocycles. The van der Waals surface area contributed by atoms with Crippen LogP contribution < -0.4 is 19.6 Å². The topological polar surface area (TPSA) is 89.4 Å². The van der Waals surface area contributed by atoms with E-state index in [0.717, 1.165) is 20.1 Å². The molecule has 0 saturated heterocycles. The number of amides is 1. The molecule has 0 spiro atoms. The van der Waals surface area contributed by atoms with E-state index in [-0.39, 0.29) is 29.8 Å². The zero-order chi connectivity index (χ0) is 22.4. The van der Waals surface area contributed by atoms with Crippen molar-refractivity contribution in [1.82, 2.24) is 5.43 Å². The largest absolute Gasteiger partial charge is 0.502 e. The average Bonchev–Trinajstić information content (AvgIpc) is 2.71. The predicted molar refractivity (Wildman–Crippen MR) is 123 cm³/mol. The first-order valence-corrected chi connectivity index (χ1v) is 10.7. The summed E-state index contributed by atoms with van der Waals surface area (Å²) in [4.78, 5) is 12.2. The Morgan fingerprint density at radius 3 is 2.33 bits per heavy atom. The van der Waals surface area contributed by atoms with Gasteiger partial charge in [-0.2, -0.15) is 5.10 Å². The zero-order valence-electron chi connectivity index (χ0n) is 17.4. The van der Waals surface area contributed by atoms with Gasteiger partial charge >= 0.3 is 0 Å². The Bertz CT molecular complexity index is 936. The van der Waals surface area contributed by atoms with Gasteiger partial charge in [-0.15, -0.1) is 0 Å². The van der Waals surface area contributed by atoms with Crippen LogP contribution >= 0.6 is 31.9 Å². The van der Waals surface area contributed by atoms with Crippen LogP contribution in [0.4, 0.5) is 0 Å². The number of nitrogens with zero attached hydrogens (tertiary/aromatic N) is 1. The second kappa shape index (κ2) is 10.7. The van der Waals surface area contributed by atoms with Crippen molar-refractivity contribution in [3.63, 3.8) is 0 Å². The minimum Gasteiger partial charge on any atom is -0.502 e. The molecule has 2 aromatic carbocycles. The van der Waals surface area contributed by atoms with Crippen LogP contribution in [0.15, 0.2) is 32.2 Å². The van der Waals surface area contributed by atoms with Crippen LogP contribution in [-0.4, -0.2) is 38.1 Å². The highest BCUT2D eigenvalue weighted by Gasteiger charge is 2.17. The molecule has 2 rings (SSSR count). The lowest BCUT2D eigenvalue weighted by molar-refractivity contribution is -0.123. The lowest BCUT2D eigenvalue weighted by Crippen LogP contribution is -2.25. The Balaban J connectivity index is 2.07. The Labute approximate surface area is 192 Å². The van der Waals surface area contributed by atoms with Crippen molar-refractivity contribution in [2.24, 2.45) is 5.10 Å². The molecular formula is C21H24Br2N2O5. The molecule has 0 radical (unpaired) electrons. The summed E-state index contributed by atoms with van der Waals surface area (Å²) in [7, 11) is 2.86. The molecule has 0 aliphatic rings. The second-order valence-electron chi connectivity index (χ2n) is 6.73. The highest BCUT2D eigenvalue weighted by Crippen LogP contribution is 2.40. The fraction of sp³-hybridized carbons (Fsp3) is 0.333. The zero-order valence-corrected chi connectivity index (χ0v) is 20.5. The number of rotatable bonds is 8. The number of hydrogen-bond donors (Lipinski definition) is 2. The first kappa shape index (κ1) is 24.0. The summed E-state index contributed by atoms with van der Waals surface area (Å²) in [6.45, 7) is 5.87. The normalized spacial score (nSPS) is 11.1. The van der Waals surface area contributed by atoms with Gasteiger partial charge in [-0.1, -0.05) is 29.8 Å². The molecule has 0 fully saturated rings. The number of phenolic OH excluding ortho intramolecular Hbond substituents is 1. The van der Waals surface area contributed by atoms with Gasteiger partial charge in [0.15, 0.2) is 18.1 Å². The van der Waals surface area contributed by atoms with Crippen molar-refractivity contribution in [1.29, 1.82) is 0 Å². The minimum absolute atomic E-state index is 0.106. The Morgan fingerprint density at radius 2 is 1.80 bits per heavy atom. The van der Waals surface area contributed by atoms with E-state index in [4.69, 9.17) is 14.2 Å². The number of methoxy groups -OCH3 is 2. The van der Waals surface area contributed by atoms with Gasteiger partial charge < -0.3 is 19.3 Å². The molecule has 0 atom stereocenters. The third-order valence-corrected chi connectivity index (χ3v) is 6.08. The minimum atomic E-state index is -0.411. The molecule has 2 aromatic rings. The van der Waals surface area contributed by atoms with E-state index < -0.39 is 5.91 Å². The Morgan fingerprint density at radius 1 is 1.20 bits per heavy atom. The van der Waals surface area contributed by atoms with E-state index in [2.05, 4.69) is 56.2 Å². The molecule has 9 heteroatoms. The van der Waals surface area contributed by atoms with Crippen LogP contribution in [0.25, 0.3) is 0 Å². The number of hydrazone groups is 1. The summed E-state index contributed by atoms with van der Waals surface area (Å²) in [6.07, 6.45) is 1.42. The maximum Gasteiger partial charge on any atom is 0.277 e. The van der Waals surface area contributed by atoms with E-state index in [1.165, 1.54) is 20.4 Å². The SMILES string of the molecule is COc1cc(/C=N/NC(=O)COc2c(C(C)C)cc(Br)c(C)c2Br)cc(OC)c1O. The van der Waals surface area contributed by atoms with Crippen molar-refractivity contribution in [3.8, 4) is 23.0 Å². The van der Waals surface area contributed by atoms with Crippen molar-refractivity contribution < 1.29 is 24.1 Å². The van der Waals surface area contributed by atoms with Gasteiger partial charge in [0, 0.05) is 10.0 Å². The van der Waals surface area contributed by atoms with Gasteiger partial charge in [0.2, 0.25) is 5.75 Å². The highest BCUT2D eigenvalue weighted by atomic mass is 79.9. The summed E-state index contributed by atoms with van der Waals surface area (Å²) in [6, 6.07) is 5.14. The van der Waals surface area contributed by atoms with E-state index in [0.29, 0.717) is 11.3 Å². The van der Waals surface area contributed by atoms with E-state index in [1.54, 1.807) is 12.1 Å². The lowest BCUT2D eigenvalue weighted by Gasteiger charge is -2.18. The lowest BCUT2D eigenvalue weighted by atomic mass is 10.0. The Kier molecular flexibility index (Phi) is 8.54. The van der Waals surface area contributed by atoms with Crippen LogP contribution in [0.2, 0.25) is 0 Å². The molecule has 0 saturated carbocycles. The number of benzene rings is 2. The van der Waals surface area contributed by atoms with Gasteiger partial charge in [-0.25, -0.2) is 5.43 Å². The third-order valence-electron chi connectivity index (χ3n) is 4.31. The number of nitrogens with one attached hydrogen (secondary N) is 1. The van der Waals surface area contributed by atoms with E-state index in [9.17, 15) is 9.90 Å². The van der Waals surface area contributed by atoms with Crippen LogP contribution in [0.3, 0.4) is 0 Å². The molecule has 0 aromatic heterocycles. The van der Waals surface area contributed by atoms with Crippen molar-refractivity contribution in [2.75, 3.05) is 20.8 Å². The number of ether oxygens (including phenoxy) is 3. The molecular weight excluding hydrogens is 520 g/mol. The smallest absolute Gasteiger partial charge is 0.277 e. The fourth-order valence-electron chi connectivity index (χ4n) is 2.62.